The van der Waals surface area contributed by atoms with Gasteiger partial charge in [0.05, 0.1) is 5.75 Å². The number of nitrogens with zero attached hydrogens (tertiary/aromatic N) is 2. The predicted octanol–water partition coefficient (Wildman–Crippen LogP) is 2.69. The van der Waals surface area contributed by atoms with Gasteiger partial charge in [-0.3, -0.25) is 9.89 Å². The molecule has 2 heterocycles. The van der Waals surface area contributed by atoms with E-state index in [1.807, 2.05) is 48.5 Å². The minimum Gasteiger partial charge on any atom is -0.486 e. The number of hydrogen-bond acceptors (Lipinski definition) is 6. The third-order valence-electron chi connectivity index (χ3n) is 4.19. The van der Waals surface area contributed by atoms with Gasteiger partial charge in [0.25, 0.3) is 0 Å². The zero-order chi connectivity index (χ0) is 19.2. The second-order valence-corrected chi connectivity index (χ2v) is 7.14. The highest BCUT2D eigenvalue weighted by Crippen LogP contribution is 2.30. The number of ether oxygens (including phenoxy) is 2. The molecule has 0 bridgehead atoms. The van der Waals surface area contributed by atoms with Crippen LogP contribution < -0.4 is 14.8 Å². The number of aromatic amines is 1. The molecular formula is C20H20N4O3S. The quantitative estimate of drug-likeness (QED) is 0.597. The van der Waals surface area contributed by atoms with E-state index in [2.05, 4.69) is 20.5 Å². The van der Waals surface area contributed by atoms with Crippen LogP contribution in [0.25, 0.3) is 11.4 Å². The molecule has 1 aromatic heterocycles. The average Bonchev–Trinajstić information content (AvgIpc) is 3.22. The van der Waals surface area contributed by atoms with Gasteiger partial charge in [0.2, 0.25) is 11.1 Å². The molecule has 0 saturated heterocycles. The number of benzene rings is 2. The molecule has 144 valence electrons. The number of hydrogen-bond donors (Lipinski definition) is 2. The zero-order valence-corrected chi connectivity index (χ0v) is 16.0. The largest absolute Gasteiger partial charge is 0.486 e. The number of thioether (sulfide) groups is 1. The van der Waals surface area contributed by atoms with E-state index >= 15 is 0 Å². The van der Waals surface area contributed by atoms with Gasteiger partial charge in [-0.25, -0.2) is 4.98 Å². The van der Waals surface area contributed by atoms with Gasteiger partial charge in [0, 0.05) is 12.1 Å². The van der Waals surface area contributed by atoms with E-state index < -0.39 is 0 Å². The van der Waals surface area contributed by atoms with Crippen molar-refractivity contribution in [1.82, 2.24) is 20.5 Å². The van der Waals surface area contributed by atoms with Crippen molar-refractivity contribution in [3.8, 4) is 22.9 Å². The molecule has 28 heavy (non-hydrogen) atoms. The van der Waals surface area contributed by atoms with Crippen LogP contribution in [0.4, 0.5) is 0 Å². The summed E-state index contributed by atoms with van der Waals surface area (Å²) in [5.74, 6) is 2.46. The van der Waals surface area contributed by atoms with Crippen LogP contribution in [0.5, 0.6) is 11.5 Å². The van der Waals surface area contributed by atoms with Gasteiger partial charge in [0.1, 0.15) is 13.2 Å². The fourth-order valence-corrected chi connectivity index (χ4v) is 3.44. The summed E-state index contributed by atoms with van der Waals surface area (Å²) in [5, 5.41) is 10.5. The summed E-state index contributed by atoms with van der Waals surface area (Å²) in [7, 11) is 0. The van der Waals surface area contributed by atoms with Crippen LogP contribution in [0, 0.1) is 0 Å². The van der Waals surface area contributed by atoms with Crippen molar-refractivity contribution in [3.63, 3.8) is 0 Å². The SMILES string of the molecule is O=C(CSc1n[nH]c(-c2ccccc2)n1)NCCc1ccc2c(c1)OCCO2. The van der Waals surface area contributed by atoms with Crippen molar-refractivity contribution in [2.24, 2.45) is 0 Å². The van der Waals surface area contributed by atoms with Crippen LogP contribution in [0.3, 0.4) is 0 Å². The lowest BCUT2D eigenvalue weighted by Gasteiger charge is -2.18. The number of fused-ring (bicyclic) bond motifs is 1. The summed E-state index contributed by atoms with van der Waals surface area (Å²) in [6.07, 6.45) is 0.728. The van der Waals surface area contributed by atoms with Gasteiger partial charge in [-0.2, -0.15) is 0 Å². The molecule has 0 aliphatic carbocycles. The summed E-state index contributed by atoms with van der Waals surface area (Å²) in [5.41, 5.74) is 2.06. The first-order chi connectivity index (χ1) is 13.8. The Morgan fingerprint density at radius 2 is 1.93 bits per heavy atom. The van der Waals surface area contributed by atoms with Crippen molar-refractivity contribution in [2.75, 3.05) is 25.5 Å². The summed E-state index contributed by atoms with van der Waals surface area (Å²) >= 11 is 1.31. The molecule has 3 aromatic rings. The topological polar surface area (TPSA) is 89.1 Å². The fraction of sp³-hybridized carbons (Fsp3) is 0.250. The number of carbonyl (C=O) groups is 1. The number of aromatic nitrogens is 3. The highest BCUT2D eigenvalue weighted by Gasteiger charge is 2.12. The highest BCUT2D eigenvalue weighted by molar-refractivity contribution is 7.99. The molecule has 7 nitrogen and oxygen atoms in total. The second-order valence-electron chi connectivity index (χ2n) is 6.20. The number of amides is 1. The summed E-state index contributed by atoms with van der Waals surface area (Å²) in [6, 6.07) is 15.6. The smallest absolute Gasteiger partial charge is 0.230 e. The maximum atomic E-state index is 12.1. The van der Waals surface area contributed by atoms with Gasteiger partial charge in [0.15, 0.2) is 17.3 Å². The standard InChI is InChI=1S/C20H20N4O3S/c25-18(13-28-20-22-19(23-24-20)15-4-2-1-3-5-15)21-9-8-14-6-7-16-17(12-14)27-11-10-26-16/h1-7,12H,8-11,13H2,(H,21,25)(H,22,23,24). The molecule has 0 atom stereocenters. The van der Waals surface area contributed by atoms with E-state index in [4.69, 9.17) is 9.47 Å². The zero-order valence-electron chi connectivity index (χ0n) is 15.2. The Morgan fingerprint density at radius 3 is 2.79 bits per heavy atom. The second kappa shape index (κ2) is 8.79. The lowest BCUT2D eigenvalue weighted by molar-refractivity contribution is -0.118. The van der Waals surface area contributed by atoms with E-state index in [1.54, 1.807) is 0 Å². The first-order valence-electron chi connectivity index (χ1n) is 9.04. The fourth-order valence-electron chi connectivity index (χ4n) is 2.81. The number of nitrogens with one attached hydrogen (secondary N) is 2. The Kier molecular flexibility index (Phi) is 5.77. The predicted molar refractivity (Wildman–Crippen MR) is 107 cm³/mol. The molecule has 0 saturated carbocycles. The van der Waals surface area contributed by atoms with E-state index in [0.29, 0.717) is 30.7 Å². The van der Waals surface area contributed by atoms with Gasteiger partial charge in [-0.15, -0.1) is 5.10 Å². The average molecular weight is 396 g/mol. The minimum absolute atomic E-state index is 0.0476. The molecule has 0 fully saturated rings. The summed E-state index contributed by atoms with van der Waals surface area (Å²) < 4.78 is 11.1. The van der Waals surface area contributed by atoms with Crippen molar-refractivity contribution in [1.29, 1.82) is 0 Å². The Labute approximate surface area is 166 Å². The molecule has 1 aliphatic rings. The van der Waals surface area contributed by atoms with E-state index in [-0.39, 0.29) is 11.7 Å². The molecule has 0 radical (unpaired) electrons. The lowest BCUT2D eigenvalue weighted by atomic mass is 10.1. The van der Waals surface area contributed by atoms with Crippen LogP contribution >= 0.6 is 11.8 Å². The molecular weight excluding hydrogens is 376 g/mol. The summed E-state index contributed by atoms with van der Waals surface area (Å²) in [4.78, 5) is 16.5. The van der Waals surface area contributed by atoms with E-state index in [9.17, 15) is 4.79 Å². The van der Waals surface area contributed by atoms with Gasteiger partial charge in [-0.05, 0) is 24.1 Å². The monoisotopic (exact) mass is 396 g/mol. The number of rotatable bonds is 7. The van der Waals surface area contributed by atoms with Gasteiger partial charge >= 0.3 is 0 Å². The molecule has 8 heteroatoms. The van der Waals surface area contributed by atoms with Crippen molar-refractivity contribution >= 4 is 17.7 Å². The minimum atomic E-state index is -0.0476. The van der Waals surface area contributed by atoms with Crippen molar-refractivity contribution in [3.05, 3.63) is 54.1 Å². The number of carbonyl (C=O) groups excluding carboxylic acids is 1. The Hall–Kier alpha value is -3.00. The maximum absolute atomic E-state index is 12.1. The van der Waals surface area contributed by atoms with Crippen molar-refractivity contribution < 1.29 is 14.3 Å². The first kappa shape index (κ1) is 18.4. The van der Waals surface area contributed by atoms with Gasteiger partial charge in [-0.1, -0.05) is 48.2 Å². The van der Waals surface area contributed by atoms with Crippen LogP contribution in [0.15, 0.2) is 53.7 Å². The Morgan fingerprint density at radius 1 is 1.11 bits per heavy atom. The molecule has 0 spiro atoms. The normalized spacial score (nSPS) is 12.6. The molecule has 4 rings (SSSR count). The third kappa shape index (κ3) is 4.64. The first-order valence-corrected chi connectivity index (χ1v) is 10.0. The number of H-pyrrole nitrogens is 1. The van der Waals surface area contributed by atoms with Gasteiger partial charge < -0.3 is 14.8 Å². The van der Waals surface area contributed by atoms with Crippen LogP contribution in [0.2, 0.25) is 0 Å². The molecule has 2 N–H and O–H groups in total. The maximum Gasteiger partial charge on any atom is 0.230 e. The van der Waals surface area contributed by atoms with Crippen LogP contribution in [-0.2, 0) is 11.2 Å². The third-order valence-corrected chi connectivity index (χ3v) is 5.03. The molecule has 1 aliphatic heterocycles. The van der Waals surface area contributed by atoms with E-state index in [0.717, 1.165) is 29.0 Å². The lowest BCUT2D eigenvalue weighted by Crippen LogP contribution is -2.27. The van der Waals surface area contributed by atoms with Crippen LogP contribution in [-0.4, -0.2) is 46.6 Å². The summed E-state index contributed by atoms with van der Waals surface area (Å²) in [6.45, 7) is 1.71. The molecule has 0 unspecified atom stereocenters. The van der Waals surface area contributed by atoms with Crippen LogP contribution in [0.1, 0.15) is 5.56 Å². The molecule has 1 amide bonds. The van der Waals surface area contributed by atoms with Crippen molar-refractivity contribution in [2.45, 2.75) is 11.6 Å². The Balaban J connectivity index is 1.22. The van der Waals surface area contributed by atoms with E-state index in [1.165, 1.54) is 11.8 Å². The Bertz CT molecular complexity index is 946. The highest BCUT2D eigenvalue weighted by atomic mass is 32.2. The molecule has 2 aromatic carbocycles.